The van der Waals surface area contributed by atoms with Gasteiger partial charge in [0.25, 0.3) is 0 Å². The Morgan fingerprint density at radius 1 is 1.24 bits per heavy atom. The van der Waals surface area contributed by atoms with Crippen molar-refractivity contribution in [1.82, 2.24) is 10.2 Å². The summed E-state index contributed by atoms with van der Waals surface area (Å²) in [6, 6.07) is 12.3. The minimum absolute atomic E-state index is 0.0906. The zero-order valence-corrected chi connectivity index (χ0v) is 17.4. The van der Waals surface area contributed by atoms with E-state index in [1.807, 2.05) is 30.3 Å². The molecule has 4 rings (SSSR count). The maximum atomic E-state index is 12.6. The highest BCUT2D eigenvalue weighted by Gasteiger charge is 2.23. The molecule has 1 fully saturated rings. The van der Waals surface area contributed by atoms with Crippen molar-refractivity contribution in [3.63, 3.8) is 0 Å². The highest BCUT2D eigenvalue weighted by molar-refractivity contribution is 7.10. The van der Waals surface area contributed by atoms with Gasteiger partial charge in [-0.05, 0) is 23.6 Å². The molecule has 1 aliphatic rings. The van der Waals surface area contributed by atoms with Crippen LogP contribution in [-0.4, -0.2) is 43.7 Å². The lowest BCUT2D eigenvalue weighted by Gasteiger charge is -2.34. The van der Waals surface area contributed by atoms with Gasteiger partial charge in [-0.1, -0.05) is 31.2 Å². The molecular weight excluding hydrogens is 384 g/mol. The Bertz CT molecular complexity index is 971. The van der Waals surface area contributed by atoms with Crippen LogP contribution in [0.5, 0.6) is 0 Å². The summed E-state index contributed by atoms with van der Waals surface area (Å²) >= 11 is 1.73. The van der Waals surface area contributed by atoms with E-state index < -0.39 is 0 Å². The van der Waals surface area contributed by atoms with E-state index in [4.69, 9.17) is 9.15 Å². The second kappa shape index (κ2) is 9.39. The summed E-state index contributed by atoms with van der Waals surface area (Å²) in [4.78, 5) is 16.2. The average Bonchev–Trinajstić information content (AvgIpc) is 3.41. The van der Waals surface area contributed by atoms with Crippen LogP contribution < -0.4 is 5.32 Å². The van der Waals surface area contributed by atoms with Crippen molar-refractivity contribution in [2.24, 2.45) is 0 Å². The molecule has 0 spiro atoms. The highest BCUT2D eigenvalue weighted by Crippen LogP contribution is 2.28. The van der Waals surface area contributed by atoms with Gasteiger partial charge in [0, 0.05) is 48.0 Å². The highest BCUT2D eigenvalue weighted by atomic mass is 32.1. The minimum Gasteiger partial charge on any atom is -0.460 e. The first-order valence-electron chi connectivity index (χ1n) is 10.1. The lowest BCUT2D eigenvalue weighted by atomic mass is 10.1. The predicted octanol–water partition coefficient (Wildman–Crippen LogP) is 4.26. The van der Waals surface area contributed by atoms with Gasteiger partial charge in [0.05, 0.1) is 19.3 Å². The van der Waals surface area contributed by atoms with Crippen LogP contribution in [-0.2, 0) is 16.0 Å². The molecule has 5 nitrogen and oxygen atoms in total. The van der Waals surface area contributed by atoms with Crippen LogP contribution >= 0.6 is 11.3 Å². The molecule has 0 aliphatic carbocycles. The van der Waals surface area contributed by atoms with Crippen LogP contribution in [0.15, 0.2) is 52.3 Å². The van der Waals surface area contributed by atoms with Crippen LogP contribution in [0.25, 0.3) is 17.0 Å². The smallest absolute Gasteiger partial charge is 0.244 e. The molecule has 1 unspecified atom stereocenters. The van der Waals surface area contributed by atoms with E-state index in [1.54, 1.807) is 17.4 Å². The van der Waals surface area contributed by atoms with Crippen molar-refractivity contribution in [2.75, 3.05) is 32.8 Å². The Morgan fingerprint density at radius 2 is 2.07 bits per heavy atom. The third-order valence-electron chi connectivity index (χ3n) is 5.26. The molecule has 6 heteroatoms. The van der Waals surface area contributed by atoms with Crippen molar-refractivity contribution in [3.05, 3.63) is 64.1 Å². The number of carbonyl (C=O) groups excluding carboxylic acids is 1. The average molecular weight is 411 g/mol. The second-order valence-electron chi connectivity index (χ2n) is 7.05. The molecule has 29 heavy (non-hydrogen) atoms. The summed E-state index contributed by atoms with van der Waals surface area (Å²) in [5, 5.41) is 6.21. The van der Waals surface area contributed by atoms with Gasteiger partial charge in [-0.25, -0.2) is 0 Å². The Hall–Kier alpha value is -2.41. The molecule has 1 saturated heterocycles. The van der Waals surface area contributed by atoms with E-state index in [0.717, 1.165) is 55.0 Å². The first-order chi connectivity index (χ1) is 14.3. The summed E-state index contributed by atoms with van der Waals surface area (Å²) in [5.74, 6) is 0.812. The topological polar surface area (TPSA) is 54.7 Å². The number of benzene rings is 1. The number of amides is 1. The molecule has 0 saturated carbocycles. The zero-order chi connectivity index (χ0) is 20.1. The third-order valence-corrected chi connectivity index (χ3v) is 6.23. The van der Waals surface area contributed by atoms with Gasteiger partial charge in [0.1, 0.15) is 11.3 Å². The molecule has 1 aliphatic heterocycles. The summed E-state index contributed by atoms with van der Waals surface area (Å²) < 4.78 is 11.4. The van der Waals surface area contributed by atoms with Crippen molar-refractivity contribution < 1.29 is 13.9 Å². The predicted molar refractivity (Wildman–Crippen MR) is 117 cm³/mol. The Balaban J connectivity index is 1.45. The number of fused-ring (bicyclic) bond motifs is 1. The molecule has 1 N–H and O–H groups in total. The van der Waals surface area contributed by atoms with Crippen LogP contribution in [0.3, 0.4) is 0 Å². The lowest BCUT2D eigenvalue weighted by molar-refractivity contribution is -0.116. The molecule has 2 aromatic heterocycles. The van der Waals surface area contributed by atoms with E-state index in [1.165, 1.54) is 4.88 Å². The molecular formula is C23H26N2O3S. The Kier molecular flexibility index (Phi) is 6.44. The van der Waals surface area contributed by atoms with Gasteiger partial charge in [-0.2, -0.15) is 0 Å². The fraction of sp³-hybridized carbons (Fsp3) is 0.348. The number of thiophene rings is 1. The van der Waals surface area contributed by atoms with Crippen molar-refractivity contribution in [1.29, 1.82) is 0 Å². The molecule has 1 aromatic carbocycles. The molecule has 152 valence electrons. The number of nitrogens with zero attached hydrogens (tertiary/aromatic N) is 1. The standard InChI is InChI=1S/C23H26N2O3S/c1-2-20-18(17-6-3-4-7-21(17)28-20)9-10-23(26)24-16-19(22-8-5-15-29-22)25-11-13-27-14-12-25/h3-10,15,19H,2,11-14,16H2,1H3,(H,24,26)/b10-9+. The molecule has 3 aromatic rings. The number of morpholine rings is 1. The van der Waals surface area contributed by atoms with Gasteiger partial charge < -0.3 is 14.5 Å². The Labute approximate surface area is 175 Å². The molecule has 3 heterocycles. The second-order valence-corrected chi connectivity index (χ2v) is 8.03. The zero-order valence-electron chi connectivity index (χ0n) is 16.6. The normalized spacial score (nSPS) is 16.4. The Morgan fingerprint density at radius 3 is 2.83 bits per heavy atom. The third kappa shape index (κ3) is 4.61. The quantitative estimate of drug-likeness (QED) is 0.592. The maximum absolute atomic E-state index is 12.6. The number of aryl methyl sites for hydroxylation is 1. The molecule has 1 amide bonds. The van der Waals surface area contributed by atoms with Crippen molar-refractivity contribution >= 4 is 34.3 Å². The monoisotopic (exact) mass is 410 g/mol. The lowest BCUT2D eigenvalue weighted by Crippen LogP contribution is -2.43. The number of rotatable bonds is 7. The number of hydrogen-bond donors (Lipinski definition) is 1. The SMILES string of the molecule is CCc1oc2ccccc2c1/C=C/C(=O)NCC(c1cccs1)N1CCOCC1. The van der Waals surface area contributed by atoms with E-state index in [-0.39, 0.29) is 11.9 Å². The van der Waals surface area contributed by atoms with Crippen LogP contribution in [0.2, 0.25) is 0 Å². The fourth-order valence-corrected chi connectivity index (χ4v) is 4.62. The summed E-state index contributed by atoms with van der Waals surface area (Å²) in [7, 11) is 0. The number of ether oxygens (including phenoxy) is 1. The summed E-state index contributed by atoms with van der Waals surface area (Å²) in [6.07, 6.45) is 4.27. The van der Waals surface area contributed by atoms with Gasteiger partial charge >= 0.3 is 0 Å². The number of hydrogen-bond acceptors (Lipinski definition) is 5. The summed E-state index contributed by atoms with van der Waals surface area (Å²) in [5.41, 5.74) is 1.84. The number of carbonyl (C=O) groups is 1. The first kappa shape index (κ1) is 19.9. The number of para-hydroxylation sites is 1. The van der Waals surface area contributed by atoms with Crippen LogP contribution in [0.1, 0.15) is 29.2 Å². The van der Waals surface area contributed by atoms with Crippen molar-refractivity contribution in [3.8, 4) is 0 Å². The van der Waals surface area contributed by atoms with E-state index in [0.29, 0.717) is 6.54 Å². The number of nitrogens with one attached hydrogen (secondary N) is 1. The van der Waals surface area contributed by atoms with Gasteiger partial charge in [-0.15, -0.1) is 11.3 Å². The molecule has 1 atom stereocenters. The fourth-order valence-electron chi connectivity index (χ4n) is 3.76. The van der Waals surface area contributed by atoms with Gasteiger partial charge in [0.2, 0.25) is 5.91 Å². The minimum atomic E-state index is -0.0906. The molecule has 0 bridgehead atoms. The summed E-state index contributed by atoms with van der Waals surface area (Å²) in [6.45, 7) is 5.88. The first-order valence-corrected chi connectivity index (χ1v) is 11.0. The van der Waals surface area contributed by atoms with Gasteiger partial charge in [0.15, 0.2) is 0 Å². The molecule has 0 radical (unpaired) electrons. The van der Waals surface area contributed by atoms with E-state index in [2.05, 4.69) is 34.7 Å². The van der Waals surface area contributed by atoms with Gasteiger partial charge in [-0.3, -0.25) is 9.69 Å². The van der Waals surface area contributed by atoms with E-state index in [9.17, 15) is 4.79 Å². The van der Waals surface area contributed by atoms with E-state index >= 15 is 0 Å². The van der Waals surface area contributed by atoms with Crippen LogP contribution in [0.4, 0.5) is 0 Å². The number of furan rings is 1. The van der Waals surface area contributed by atoms with Crippen LogP contribution in [0, 0.1) is 0 Å². The largest absolute Gasteiger partial charge is 0.460 e. The maximum Gasteiger partial charge on any atom is 0.244 e. The van der Waals surface area contributed by atoms with Crippen molar-refractivity contribution in [2.45, 2.75) is 19.4 Å².